The molecule has 0 saturated heterocycles. The van der Waals surface area contributed by atoms with Crippen LogP contribution < -0.4 is 0 Å². The van der Waals surface area contributed by atoms with Crippen LogP contribution in [0.25, 0.3) is 0 Å². The van der Waals surface area contributed by atoms with Crippen molar-refractivity contribution in [1.29, 1.82) is 0 Å². The lowest BCUT2D eigenvalue weighted by atomic mass is 9.89. The van der Waals surface area contributed by atoms with Crippen LogP contribution in [0.4, 0.5) is 0 Å². The van der Waals surface area contributed by atoms with E-state index in [1.807, 2.05) is 0 Å². The highest BCUT2D eigenvalue weighted by atomic mass is 16.6. The molecule has 0 radical (unpaired) electrons. The zero-order valence-corrected chi connectivity index (χ0v) is 10.3. The third-order valence-corrected chi connectivity index (χ3v) is 3.43. The van der Waals surface area contributed by atoms with E-state index in [1.54, 1.807) is 6.21 Å². The van der Waals surface area contributed by atoms with Gasteiger partial charge in [0.25, 0.3) is 5.70 Å². The van der Waals surface area contributed by atoms with E-state index in [-0.39, 0.29) is 22.6 Å². The molecule has 0 amide bonds. The van der Waals surface area contributed by atoms with Crippen LogP contribution >= 0.6 is 0 Å². The number of ether oxygens (including phenoxy) is 2. The summed E-state index contributed by atoms with van der Waals surface area (Å²) in [6, 6.07) is 0. The average Bonchev–Trinajstić information content (AvgIpc) is 2.90. The zero-order valence-electron chi connectivity index (χ0n) is 10.3. The van der Waals surface area contributed by atoms with Crippen molar-refractivity contribution in [2.24, 2.45) is 11.1 Å². The summed E-state index contributed by atoms with van der Waals surface area (Å²) < 4.78 is 10.9. The highest BCUT2D eigenvalue weighted by molar-refractivity contribution is 5.58. The summed E-state index contributed by atoms with van der Waals surface area (Å²) in [5, 5.41) is 14.9. The number of nitro groups is 1. The van der Waals surface area contributed by atoms with E-state index in [4.69, 9.17) is 14.3 Å². The second-order valence-electron chi connectivity index (χ2n) is 4.70. The molecule has 2 aliphatic heterocycles. The first-order valence-corrected chi connectivity index (χ1v) is 6.26. The van der Waals surface area contributed by atoms with Gasteiger partial charge >= 0.3 is 0 Å². The van der Waals surface area contributed by atoms with Crippen LogP contribution in [0, 0.1) is 16.0 Å². The lowest BCUT2D eigenvalue weighted by molar-refractivity contribution is -0.435. The maximum atomic E-state index is 11.2. The molecule has 0 fully saturated rings. The Morgan fingerprint density at radius 2 is 2.26 bits per heavy atom. The predicted octanol–water partition coefficient (Wildman–Crippen LogP) is 1.59. The molecule has 2 heterocycles. The summed E-state index contributed by atoms with van der Waals surface area (Å²) >= 11 is 0. The second kappa shape index (κ2) is 4.91. The van der Waals surface area contributed by atoms with E-state index < -0.39 is 0 Å². The average molecular weight is 266 g/mol. The molecule has 7 nitrogen and oxygen atoms in total. The molecule has 0 aromatic carbocycles. The van der Waals surface area contributed by atoms with Crippen molar-refractivity contribution < 1.29 is 19.2 Å². The fourth-order valence-electron chi connectivity index (χ4n) is 2.53. The summed E-state index contributed by atoms with van der Waals surface area (Å²) in [6.07, 6.45) is 4.84. The maximum Gasteiger partial charge on any atom is 0.253 e. The molecule has 0 aromatic heterocycles. The largest absolute Gasteiger partial charge is 0.490 e. The Hall–Kier alpha value is -2.05. The molecule has 0 bridgehead atoms. The van der Waals surface area contributed by atoms with Crippen LogP contribution in [0.5, 0.6) is 0 Å². The molecule has 19 heavy (non-hydrogen) atoms. The topological polar surface area (TPSA) is 83.2 Å². The van der Waals surface area contributed by atoms with Gasteiger partial charge < -0.3 is 14.3 Å². The summed E-state index contributed by atoms with van der Waals surface area (Å²) in [7, 11) is 0. The summed E-state index contributed by atoms with van der Waals surface area (Å²) in [5.74, 6) is 0.987. The van der Waals surface area contributed by atoms with Gasteiger partial charge in [-0.15, -0.1) is 0 Å². The first-order chi connectivity index (χ1) is 9.24. The molecule has 7 heteroatoms. The minimum absolute atomic E-state index is 0.0833. The molecular weight excluding hydrogens is 252 g/mol. The van der Waals surface area contributed by atoms with E-state index in [2.05, 4.69) is 5.16 Å². The normalized spacial score (nSPS) is 28.9. The molecule has 0 saturated carbocycles. The van der Waals surface area contributed by atoms with Gasteiger partial charge in [-0.25, -0.2) is 0 Å². The third kappa shape index (κ3) is 2.40. The molecular formula is C12H14N2O5. The Kier molecular flexibility index (Phi) is 3.10. The van der Waals surface area contributed by atoms with Crippen LogP contribution in [0.3, 0.4) is 0 Å². The maximum absolute atomic E-state index is 11.2. The van der Waals surface area contributed by atoms with Gasteiger partial charge in [-0.3, -0.25) is 10.1 Å². The van der Waals surface area contributed by atoms with Gasteiger partial charge in [0.2, 0.25) is 0 Å². The number of nitrogens with zero attached hydrogens (tertiary/aromatic N) is 2. The smallest absolute Gasteiger partial charge is 0.253 e. The van der Waals surface area contributed by atoms with Gasteiger partial charge in [-0.05, 0) is 0 Å². The molecule has 0 aromatic rings. The van der Waals surface area contributed by atoms with Gasteiger partial charge in [0, 0.05) is 25.5 Å². The van der Waals surface area contributed by atoms with Gasteiger partial charge in [0.15, 0.2) is 5.76 Å². The van der Waals surface area contributed by atoms with Crippen LogP contribution in [0.1, 0.15) is 19.3 Å². The van der Waals surface area contributed by atoms with Crippen molar-refractivity contribution in [3.05, 3.63) is 33.4 Å². The van der Waals surface area contributed by atoms with Crippen LogP contribution in [0.15, 0.2) is 28.4 Å². The highest BCUT2D eigenvalue weighted by Gasteiger charge is 2.36. The standard InChI is InChI=1S/C12H14N2O5/c15-14(16)10-7-12-11(17-3-4-18-12)6-8(10)5-9-1-2-13-19-9/h2,7-9H,1,3-6H2. The molecule has 1 aliphatic carbocycles. The highest BCUT2D eigenvalue weighted by Crippen LogP contribution is 2.36. The first-order valence-electron chi connectivity index (χ1n) is 6.26. The second-order valence-corrected chi connectivity index (χ2v) is 4.70. The van der Waals surface area contributed by atoms with Crippen LogP contribution in [0.2, 0.25) is 0 Å². The van der Waals surface area contributed by atoms with Crippen molar-refractivity contribution in [3.63, 3.8) is 0 Å². The molecule has 3 aliphatic rings. The van der Waals surface area contributed by atoms with Crippen molar-refractivity contribution in [3.8, 4) is 0 Å². The number of rotatable bonds is 3. The van der Waals surface area contributed by atoms with Crippen molar-refractivity contribution >= 4 is 6.21 Å². The zero-order chi connectivity index (χ0) is 13.2. The van der Waals surface area contributed by atoms with Gasteiger partial charge in [0.05, 0.1) is 16.9 Å². The Bertz CT molecular complexity index is 475. The van der Waals surface area contributed by atoms with Crippen LogP contribution in [-0.2, 0) is 14.3 Å². The van der Waals surface area contributed by atoms with Crippen molar-refractivity contribution in [2.75, 3.05) is 13.2 Å². The SMILES string of the molecule is O=[N+]([O-])C1=CC2=C(CC1CC1CC=NO1)OCCO2. The third-order valence-electron chi connectivity index (χ3n) is 3.43. The Balaban J connectivity index is 1.78. The fourth-order valence-corrected chi connectivity index (χ4v) is 2.53. The lowest BCUT2D eigenvalue weighted by Crippen LogP contribution is -2.26. The van der Waals surface area contributed by atoms with E-state index >= 15 is 0 Å². The van der Waals surface area contributed by atoms with E-state index in [0.29, 0.717) is 44.0 Å². The number of hydrogen-bond donors (Lipinski definition) is 0. The molecule has 0 spiro atoms. The summed E-state index contributed by atoms with van der Waals surface area (Å²) in [5.41, 5.74) is 0.166. The number of oxime groups is 1. The number of hydrogen-bond acceptors (Lipinski definition) is 6. The summed E-state index contributed by atoms with van der Waals surface area (Å²) in [4.78, 5) is 16.0. The van der Waals surface area contributed by atoms with E-state index in [9.17, 15) is 10.1 Å². The minimum atomic E-state index is -0.345. The fraction of sp³-hybridized carbons (Fsp3) is 0.583. The lowest BCUT2D eigenvalue weighted by Gasteiger charge is -2.27. The van der Waals surface area contributed by atoms with E-state index in [0.717, 1.165) is 0 Å². The molecule has 0 N–H and O–H groups in total. The first kappa shape index (κ1) is 12.0. The van der Waals surface area contributed by atoms with Gasteiger partial charge in [0.1, 0.15) is 25.1 Å². The van der Waals surface area contributed by atoms with Crippen molar-refractivity contribution in [1.82, 2.24) is 0 Å². The molecule has 2 atom stereocenters. The molecule has 3 rings (SSSR count). The molecule has 102 valence electrons. The predicted molar refractivity (Wildman–Crippen MR) is 64.7 cm³/mol. The van der Waals surface area contributed by atoms with Crippen molar-refractivity contribution in [2.45, 2.75) is 25.4 Å². The van der Waals surface area contributed by atoms with Crippen LogP contribution in [-0.4, -0.2) is 30.5 Å². The Morgan fingerprint density at radius 1 is 1.42 bits per heavy atom. The Labute approximate surface area is 109 Å². The van der Waals surface area contributed by atoms with Gasteiger partial charge in [-0.1, -0.05) is 5.16 Å². The van der Waals surface area contributed by atoms with Gasteiger partial charge in [-0.2, -0.15) is 0 Å². The quantitative estimate of drug-likeness (QED) is 0.572. The Morgan fingerprint density at radius 3 is 3.00 bits per heavy atom. The summed E-state index contributed by atoms with van der Waals surface area (Å²) in [6.45, 7) is 0.931. The monoisotopic (exact) mass is 266 g/mol. The minimum Gasteiger partial charge on any atom is -0.490 e. The molecule has 2 unspecified atom stereocenters. The van der Waals surface area contributed by atoms with E-state index in [1.165, 1.54) is 6.08 Å². The number of allylic oxidation sites excluding steroid dienone is 3.